The maximum absolute atomic E-state index is 14.2. The first-order valence-corrected chi connectivity index (χ1v) is 13.2. The van der Waals surface area contributed by atoms with Gasteiger partial charge in [0.15, 0.2) is 0 Å². The van der Waals surface area contributed by atoms with E-state index >= 15 is 0 Å². The molecule has 1 spiro atoms. The molecule has 3 fully saturated rings. The van der Waals surface area contributed by atoms with Gasteiger partial charge in [0.05, 0.1) is 11.7 Å². The van der Waals surface area contributed by atoms with E-state index in [4.69, 9.17) is 9.47 Å². The Labute approximate surface area is 213 Å². The van der Waals surface area contributed by atoms with Gasteiger partial charge in [0.1, 0.15) is 17.3 Å². The number of carbonyl (C=O) groups excluding carboxylic acids is 3. The molecule has 2 aliphatic heterocycles. The zero-order valence-electron chi connectivity index (χ0n) is 21.8. The van der Waals surface area contributed by atoms with Crippen LogP contribution in [0.25, 0.3) is 0 Å². The number of epoxide rings is 1. The summed E-state index contributed by atoms with van der Waals surface area (Å²) >= 11 is 0. The number of Topliss-reactive ketones (excluding diaryl/α,β-unsaturated/α-hetero) is 1. The van der Waals surface area contributed by atoms with Crippen LogP contribution in [0.3, 0.4) is 0 Å². The van der Waals surface area contributed by atoms with Crippen LogP contribution in [0.1, 0.15) is 46.6 Å². The zero-order chi connectivity index (χ0) is 25.8. The Kier molecular flexibility index (Phi) is 6.22. The van der Waals surface area contributed by atoms with Crippen molar-refractivity contribution in [3.8, 4) is 0 Å². The van der Waals surface area contributed by atoms with E-state index in [0.29, 0.717) is 12.8 Å². The molecular weight excluding hydrogens is 454 g/mol. The summed E-state index contributed by atoms with van der Waals surface area (Å²) in [4.78, 5) is 39.6. The molecule has 0 radical (unpaired) electrons. The maximum Gasteiger partial charge on any atom is 0.303 e. The highest BCUT2D eigenvalue weighted by molar-refractivity contribution is 5.89. The minimum Gasteiger partial charge on any atom is -0.457 e. The van der Waals surface area contributed by atoms with Gasteiger partial charge >= 0.3 is 5.97 Å². The van der Waals surface area contributed by atoms with Crippen LogP contribution in [0.5, 0.6) is 0 Å². The summed E-state index contributed by atoms with van der Waals surface area (Å²) in [6, 6.07) is 10.0. The first-order valence-electron chi connectivity index (χ1n) is 13.2. The number of esters is 1. The molecule has 2 heterocycles. The highest BCUT2D eigenvalue weighted by Crippen LogP contribution is 2.67. The first-order chi connectivity index (χ1) is 17.1. The number of ether oxygens (including phenoxy) is 2. The van der Waals surface area contributed by atoms with E-state index < -0.39 is 17.5 Å². The number of fused-ring (bicyclic) bond motifs is 2. The number of carbonyl (C=O) groups is 3. The number of benzene rings is 1. The van der Waals surface area contributed by atoms with E-state index in [0.717, 1.165) is 5.56 Å². The zero-order valence-corrected chi connectivity index (χ0v) is 21.8. The smallest absolute Gasteiger partial charge is 0.303 e. The Morgan fingerprint density at radius 3 is 2.53 bits per heavy atom. The van der Waals surface area contributed by atoms with Gasteiger partial charge in [-0.25, -0.2) is 0 Å². The number of allylic oxidation sites excluding steroid dienone is 2. The van der Waals surface area contributed by atoms with Crippen LogP contribution in [-0.4, -0.2) is 41.5 Å². The van der Waals surface area contributed by atoms with Crippen molar-refractivity contribution < 1.29 is 23.9 Å². The maximum atomic E-state index is 14.2. The number of rotatable bonds is 3. The second-order valence-electron chi connectivity index (χ2n) is 11.4. The summed E-state index contributed by atoms with van der Waals surface area (Å²) < 4.78 is 12.4. The highest BCUT2D eigenvalue weighted by Gasteiger charge is 2.78. The van der Waals surface area contributed by atoms with Crippen LogP contribution in [0.4, 0.5) is 0 Å². The monoisotopic (exact) mass is 491 g/mol. The minimum absolute atomic E-state index is 0.0503. The Balaban J connectivity index is 1.68. The van der Waals surface area contributed by atoms with Gasteiger partial charge in [0.2, 0.25) is 5.91 Å². The van der Waals surface area contributed by atoms with Crippen molar-refractivity contribution in [3.63, 3.8) is 0 Å². The first kappa shape index (κ1) is 24.9. The molecule has 0 bridgehead atoms. The van der Waals surface area contributed by atoms with E-state index in [1.54, 1.807) is 6.08 Å². The fourth-order valence-electron chi connectivity index (χ4n) is 7.29. The molecule has 1 saturated carbocycles. The van der Waals surface area contributed by atoms with E-state index in [1.165, 1.54) is 6.92 Å². The van der Waals surface area contributed by atoms with Crippen LogP contribution in [0.2, 0.25) is 0 Å². The number of nitrogens with one attached hydrogen (secondary N) is 1. The summed E-state index contributed by atoms with van der Waals surface area (Å²) in [6.45, 7) is 9.49. The summed E-state index contributed by atoms with van der Waals surface area (Å²) in [5, 5.41) is 3.33. The lowest BCUT2D eigenvalue weighted by atomic mass is 9.51. The number of amides is 1. The average Bonchev–Trinajstić information content (AvgIpc) is 3.46. The Hall–Kier alpha value is -2.73. The van der Waals surface area contributed by atoms with Crippen molar-refractivity contribution in [2.24, 2.45) is 35.0 Å². The topological polar surface area (TPSA) is 85.0 Å². The molecule has 0 aromatic heterocycles. The minimum atomic E-state index is -1.03. The molecule has 1 aromatic rings. The van der Waals surface area contributed by atoms with Gasteiger partial charge in [-0.05, 0) is 37.3 Å². The molecule has 36 heavy (non-hydrogen) atoms. The molecule has 1 unspecified atom stereocenters. The van der Waals surface area contributed by atoms with Gasteiger partial charge in [-0.3, -0.25) is 14.4 Å². The fraction of sp³-hybridized carbons (Fsp3) is 0.567. The lowest BCUT2D eigenvalue weighted by Crippen LogP contribution is -2.60. The fourth-order valence-corrected chi connectivity index (χ4v) is 7.29. The number of hydrogen-bond acceptors (Lipinski definition) is 5. The van der Waals surface area contributed by atoms with Gasteiger partial charge in [0.25, 0.3) is 0 Å². The molecule has 192 valence electrons. The molecule has 1 aromatic carbocycles. The second kappa shape index (κ2) is 8.98. The molecule has 4 aliphatic rings. The Morgan fingerprint density at radius 1 is 1.11 bits per heavy atom. The van der Waals surface area contributed by atoms with Crippen molar-refractivity contribution in [2.75, 3.05) is 0 Å². The average molecular weight is 492 g/mol. The third kappa shape index (κ3) is 3.76. The summed E-state index contributed by atoms with van der Waals surface area (Å²) in [5.74, 6) is -1.27. The largest absolute Gasteiger partial charge is 0.457 e. The van der Waals surface area contributed by atoms with Crippen LogP contribution in [0.15, 0.2) is 54.6 Å². The molecule has 5 rings (SSSR count). The summed E-state index contributed by atoms with van der Waals surface area (Å²) in [5.41, 5.74) is -0.245. The van der Waals surface area contributed by atoms with E-state index in [2.05, 4.69) is 37.4 Å². The second-order valence-corrected chi connectivity index (χ2v) is 11.4. The molecule has 1 N–H and O–H groups in total. The quantitative estimate of drug-likeness (QED) is 0.392. The van der Waals surface area contributed by atoms with E-state index in [-0.39, 0.29) is 59.0 Å². The van der Waals surface area contributed by atoms with Gasteiger partial charge in [0, 0.05) is 36.6 Å². The molecule has 6 nitrogen and oxygen atoms in total. The van der Waals surface area contributed by atoms with Crippen molar-refractivity contribution in [2.45, 2.75) is 71.3 Å². The number of ketones is 1. The van der Waals surface area contributed by atoms with Crippen molar-refractivity contribution in [1.82, 2.24) is 5.32 Å². The van der Waals surface area contributed by atoms with Gasteiger partial charge in [-0.1, -0.05) is 69.3 Å². The summed E-state index contributed by atoms with van der Waals surface area (Å²) in [6.07, 6.45) is 8.05. The van der Waals surface area contributed by atoms with Gasteiger partial charge in [-0.2, -0.15) is 0 Å². The van der Waals surface area contributed by atoms with Crippen LogP contribution < -0.4 is 5.32 Å². The SMILES string of the molecule is CC(=O)O[C@@H]1/C=C/[C@H](C)C(=O)C(C)C/C=C/[C@H]2[C@@H]3O[C@]3(C)[C@@H](C)[C@H]3[C@H](Cc4ccccc4)NC(=O)[C@@]312. The third-order valence-electron chi connectivity index (χ3n) is 9.31. The van der Waals surface area contributed by atoms with Crippen molar-refractivity contribution >= 4 is 17.7 Å². The Morgan fingerprint density at radius 2 is 1.83 bits per heavy atom. The van der Waals surface area contributed by atoms with Crippen LogP contribution in [-0.2, 0) is 30.3 Å². The van der Waals surface area contributed by atoms with Crippen molar-refractivity contribution in [3.05, 3.63) is 60.2 Å². The molecule has 10 atom stereocenters. The lowest BCUT2D eigenvalue weighted by Gasteiger charge is -2.49. The molecule has 2 aliphatic carbocycles. The van der Waals surface area contributed by atoms with E-state index in [1.807, 2.05) is 44.2 Å². The standard InChI is InChI=1S/C30H37NO5/c1-17-10-9-13-22-27-29(5,36-27)19(3)25-23(16-21-11-7-6-8-12-21)31-28(34)30(22,25)24(35-20(4)32)15-14-18(2)26(17)33/h6-9,11-15,17-19,22-25,27H,10,16H2,1-5H3,(H,31,34)/b13-9+,15-14+/t17?,18-,19-,22-,23-,24+,25-,27-,29+,30+/m0/s1. The third-order valence-corrected chi connectivity index (χ3v) is 9.31. The van der Waals surface area contributed by atoms with Gasteiger partial charge in [-0.15, -0.1) is 0 Å². The predicted octanol–water partition coefficient (Wildman–Crippen LogP) is 4.04. The van der Waals surface area contributed by atoms with Crippen molar-refractivity contribution in [1.29, 1.82) is 0 Å². The number of hydrogen-bond donors (Lipinski definition) is 1. The normalized spacial score (nSPS) is 45.2. The Bertz CT molecular complexity index is 1110. The van der Waals surface area contributed by atoms with Gasteiger partial charge < -0.3 is 14.8 Å². The molecule has 1 amide bonds. The highest BCUT2D eigenvalue weighted by atomic mass is 16.6. The molecular formula is C30H37NO5. The molecule has 6 heteroatoms. The predicted molar refractivity (Wildman–Crippen MR) is 136 cm³/mol. The lowest BCUT2D eigenvalue weighted by molar-refractivity contribution is -0.162. The van der Waals surface area contributed by atoms with E-state index in [9.17, 15) is 14.4 Å². The van der Waals surface area contributed by atoms with Crippen LogP contribution >= 0.6 is 0 Å². The van der Waals surface area contributed by atoms with Crippen LogP contribution in [0, 0.1) is 35.0 Å². The summed E-state index contributed by atoms with van der Waals surface area (Å²) in [7, 11) is 0. The molecule has 2 saturated heterocycles.